The quantitative estimate of drug-likeness (QED) is 0.524. The van der Waals surface area contributed by atoms with E-state index in [4.69, 9.17) is 11.6 Å². The first-order valence-corrected chi connectivity index (χ1v) is 3.54. The monoisotopic (exact) mass is 209 g/mol. The molecule has 1 aromatic rings. The van der Waals surface area contributed by atoms with Gasteiger partial charge in [0.15, 0.2) is 11.6 Å². The summed E-state index contributed by atoms with van der Waals surface area (Å²) in [6, 6.07) is 0. The van der Waals surface area contributed by atoms with Crippen LogP contribution < -0.4 is 0 Å². The zero-order chi connectivity index (χ0) is 10.2. The summed E-state index contributed by atoms with van der Waals surface area (Å²) in [7, 11) is 0. The van der Waals surface area contributed by atoms with Gasteiger partial charge in [-0.3, -0.25) is 4.79 Å². The van der Waals surface area contributed by atoms with Crippen LogP contribution in [0.25, 0.3) is 0 Å². The van der Waals surface area contributed by atoms with E-state index in [0.29, 0.717) is 0 Å². The molecule has 2 nitrogen and oxygen atoms in total. The minimum Gasteiger partial charge on any atom is -0.275 e. The van der Waals surface area contributed by atoms with E-state index >= 15 is 0 Å². The molecule has 0 aromatic carbocycles. The van der Waals surface area contributed by atoms with Gasteiger partial charge in [-0.1, -0.05) is 0 Å². The number of hydrogen-bond acceptors (Lipinski definition) is 2. The maximum absolute atomic E-state index is 12.8. The molecule has 1 heterocycles. The van der Waals surface area contributed by atoms with Crippen molar-refractivity contribution in [2.75, 3.05) is 0 Å². The van der Waals surface area contributed by atoms with Crippen molar-refractivity contribution in [3.8, 4) is 0 Å². The summed E-state index contributed by atoms with van der Waals surface area (Å²) in [6.07, 6.45) is 0. The molecule has 0 saturated carbocycles. The summed E-state index contributed by atoms with van der Waals surface area (Å²) in [4.78, 5) is 13.4. The van der Waals surface area contributed by atoms with Crippen LogP contribution in [0.2, 0.25) is 0 Å². The number of rotatable bonds is 1. The lowest BCUT2D eigenvalue weighted by molar-refractivity contribution is 0.107. The highest BCUT2D eigenvalue weighted by molar-refractivity contribution is 6.67. The topological polar surface area (TPSA) is 30.0 Å². The lowest BCUT2D eigenvalue weighted by atomic mass is 10.2. The Bertz CT molecular complexity index is 380. The van der Waals surface area contributed by atoms with Crippen molar-refractivity contribution in [3.05, 3.63) is 28.8 Å². The largest absolute Gasteiger partial charge is 0.275 e. The summed E-state index contributed by atoms with van der Waals surface area (Å²) in [5.74, 6) is -4.38. The maximum Gasteiger partial charge on any atom is 0.260 e. The van der Waals surface area contributed by atoms with Crippen molar-refractivity contribution in [1.82, 2.24) is 4.98 Å². The molecule has 13 heavy (non-hydrogen) atoms. The third-order valence-electron chi connectivity index (χ3n) is 1.40. The molecule has 0 aliphatic heterocycles. The zero-order valence-corrected chi connectivity index (χ0v) is 7.12. The Morgan fingerprint density at radius 3 is 2.31 bits per heavy atom. The summed E-state index contributed by atoms with van der Waals surface area (Å²) < 4.78 is 38.2. The van der Waals surface area contributed by atoms with Gasteiger partial charge in [0.25, 0.3) is 5.24 Å². The second-order valence-corrected chi connectivity index (χ2v) is 2.61. The second kappa shape index (κ2) is 3.33. The number of aryl methyl sites for hydroxylation is 1. The van der Waals surface area contributed by atoms with Crippen LogP contribution >= 0.6 is 11.6 Å². The van der Waals surface area contributed by atoms with E-state index in [1.807, 2.05) is 0 Å². The van der Waals surface area contributed by atoms with Crippen LogP contribution in [0, 0.1) is 24.5 Å². The smallest absolute Gasteiger partial charge is 0.260 e. The van der Waals surface area contributed by atoms with Gasteiger partial charge in [0.2, 0.25) is 5.95 Å². The number of pyridine rings is 1. The normalized spacial score (nSPS) is 10.2. The summed E-state index contributed by atoms with van der Waals surface area (Å²) in [5.41, 5.74) is -1.62. The molecule has 0 bridgehead atoms. The van der Waals surface area contributed by atoms with Crippen molar-refractivity contribution in [1.29, 1.82) is 0 Å². The van der Waals surface area contributed by atoms with E-state index in [1.54, 1.807) is 0 Å². The van der Waals surface area contributed by atoms with Crippen molar-refractivity contribution < 1.29 is 18.0 Å². The highest BCUT2D eigenvalue weighted by atomic mass is 35.5. The van der Waals surface area contributed by atoms with Gasteiger partial charge >= 0.3 is 0 Å². The fraction of sp³-hybridized carbons (Fsp3) is 0.143. The van der Waals surface area contributed by atoms with E-state index in [-0.39, 0.29) is 0 Å². The molecule has 0 aliphatic rings. The average molecular weight is 210 g/mol. The van der Waals surface area contributed by atoms with Gasteiger partial charge in [0.1, 0.15) is 5.56 Å². The molecule has 1 rings (SSSR count). The molecule has 70 valence electrons. The third-order valence-corrected chi connectivity index (χ3v) is 1.59. The number of halogens is 4. The van der Waals surface area contributed by atoms with Crippen LogP contribution in [0.5, 0.6) is 0 Å². The van der Waals surface area contributed by atoms with E-state index in [2.05, 4.69) is 4.98 Å². The fourth-order valence-electron chi connectivity index (χ4n) is 0.779. The first kappa shape index (κ1) is 9.98. The second-order valence-electron chi connectivity index (χ2n) is 2.26. The van der Waals surface area contributed by atoms with Crippen molar-refractivity contribution in [2.45, 2.75) is 6.92 Å². The Balaban J connectivity index is 3.53. The van der Waals surface area contributed by atoms with Crippen LogP contribution in [0.1, 0.15) is 16.1 Å². The molecule has 0 N–H and O–H groups in total. The van der Waals surface area contributed by atoms with Gasteiger partial charge in [0.05, 0.1) is 5.69 Å². The van der Waals surface area contributed by atoms with Crippen molar-refractivity contribution >= 4 is 16.8 Å². The molecule has 6 heteroatoms. The summed E-state index contributed by atoms with van der Waals surface area (Å²) in [5, 5.41) is -1.42. The van der Waals surface area contributed by atoms with E-state index in [1.165, 1.54) is 0 Å². The number of hydrogen-bond donors (Lipinski definition) is 0. The Morgan fingerprint density at radius 2 is 1.85 bits per heavy atom. The van der Waals surface area contributed by atoms with Gasteiger partial charge in [0, 0.05) is 0 Å². The number of aromatic nitrogens is 1. The molecular formula is C7H3ClF3NO. The summed E-state index contributed by atoms with van der Waals surface area (Å²) >= 11 is 4.81. The molecule has 0 aliphatic carbocycles. The van der Waals surface area contributed by atoms with Crippen LogP contribution in [-0.4, -0.2) is 10.2 Å². The van der Waals surface area contributed by atoms with Crippen LogP contribution in [0.4, 0.5) is 13.2 Å². The molecule has 0 fully saturated rings. The first-order chi connectivity index (χ1) is 5.95. The number of carbonyl (C=O) groups is 1. The highest BCUT2D eigenvalue weighted by Gasteiger charge is 2.22. The Labute approximate surface area is 76.3 Å². The Morgan fingerprint density at radius 1 is 1.31 bits per heavy atom. The van der Waals surface area contributed by atoms with Crippen molar-refractivity contribution in [3.63, 3.8) is 0 Å². The van der Waals surface area contributed by atoms with Crippen molar-refractivity contribution in [2.24, 2.45) is 0 Å². The molecule has 1 aromatic heterocycles. The first-order valence-electron chi connectivity index (χ1n) is 3.16. The molecule has 0 atom stereocenters. The van der Waals surface area contributed by atoms with Gasteiger partial charge in [-0.05, 0) is 18.5 Å². The predicted octanol–water partition coefficient (Wildman–Crippen LogP) is 2.19. The van der Waals surface area contributed by atoms with Gasteiger partial charge in [-0.15, -0.1) is 0 Å². The van der Waals surface area contributed by atoms with Crippen LogP contribution in [0.15, 0.2) is 0 Å². The van der Waals surface area contributed by atoms with Gasteiger partial charge in [-0.2, -0.15) is 4.39 Å². The van der Waals surface area contributed by atoms with Crippen LogP contribution in [-0.2, 0) is 0 Å². The van der Waals surface area contributed by atoms with E-state index < -0.39 is 34.1 Å². The Hall–Kier alpha value is -1.10. The third kappa shape index (κ3) is 1.65. The highest BCUT2D eigenvalue weighted by Crippen LogP contribution is 2.18. The zero-order valence-electron chi connectivity index (χ0n) is 6.37. The van der Waals surface area contributed by atoms with Crippen LogP contribution in [0.3, 0.4) is 0 Å². The lowest BCUT2D eigenvalue weighted by Crippen LogP contribution is -2.07. The average Bonchev–Trinajstić information content (AvgIpc) is 1.99. The molecule has 0 amide bonds. The van der Waals surface area contributed by atoms with E-state index in [0.717, 1.165) is 6.92 Å². The number of nitrogens with zero attached hydrogens (tertiary/aromatic N) is 1. The van der Waals surface area contributed by atoms with Gasteiger partial charge in [-0.25, -0.2) is 13.8 Å². The molecule has 0 saturated heterocycles. The SMILES string of the molecule is Cc1nc(F)c(C(=O)Cl)c(F)c1F. The standard InChI is InChI=1S/C7H3ClF3NO/c1-2-4(9)5(10)3(6(8)13)7(11)12-2/h1H3. The predicted molar refractivity (Wildman–Crippen MR) is 39.0 cm³/mol. The fourth-order valence-corrected chi connectivity index (χ4v) is 0.940. The number of carbonyl (C=O) groups excluding carboxylic acids is 1. The van der Waals surface area contributed by atoms with E-state index in [9.17, 15) is 18.0 Å². The molecular weight excluding hydrogens is 207 g/mol. The molecule has 0 unspecified atom stereocenters. The van der Waals surface area contributed by atoms with Gasteiger partial charge < -0.3 is 0 Å². The summed E-state index contributed by atoms with van der Waals surface area (Å²) in [6.45, 7) is 1.07. The minimum absolute atomic E-state index is 0.461. The minimum atomic E-state index is -1.61. The maximum atomic E-state index is 12.8. The lowest BCUT2D eigenvalue weighted by Gasteiger charge is -2.01. The Kier molecular flexibility index (Phi) is 2.56. The molecule has 0 spiro atoms. The molecule has 0 radical (unpaired) electrons.